The normalized spacial score (nSPS) is 22.5. The van der Waals surface area contributed by atoms with Crippen LogP contribution in [0.25, 0.3) is 5.57 Å². The monoisotopic (exact) mass is 752 g/mol. The topological polar surface area (TPSA) is 86.8 Å². The third-order valence-corrected chi connectivity index (χ3v) is 13.0. The van der Waals surface area contributed by atoms with E-state index in [1.165, 1.54) is 44.8 Å². The minimum absolute atomic E-state index is 0.194. The van der Waals surface area contributed by atoms with Gasteiger partial charge in [0.25, 0.3) is 0 Å². The van der Waals surface area contributed by atoms with Gasteiger partial charge in [0.2, 0.25) is 11.4 Å². The summed E-state index contributed by atoms with van der Waals surface area (Å²) in [5.41, 5.74) is 13.8. The van der Waals surface area contributed by atoms with Crippen molar-refractivity contribution < 1.29 is 24.7 Å². The quantitative estimate of drug-likeness (QED) is 0.159. The number of rotatable bonds is 10. The fourth-order valence-electron chi connectivity index (χ4n) is 10.1. The number of carbonyl (C=O) groups excluding carboxylic acids is 1. The van der Waals surface area contributed by atoms with E-state index in [0.29, 0.717) is 34.8 Å². The molecule has 0 aromatic heterocycles. The summed E-state index contributed by atoms with van der Waals surface area (Å²) in [5.74, 6) is 1.47. The number of carbonyl (C=O) groups is 1. The van der Waals surface area contributed by atoms with E-state index >= 15 is 0 Å². The highest BCUT2D eigenvalue weighted by atomic mass is 16.3. The molecule has 0 saturated heterocycles. The lowest BCUT2D eigenvalue weighted by Gasteiger charge is -2.36. The average molecular weight is 753 g/mol. The lowest BCUT2D eigenvalue weighted by Crippen LogP contribution is -2.31. The molecular formula is C50H60N2O4. The molecule has 0 unspecified atom stereocenters. The molecule has 7 rings (SSSR count). The number of aryl methyl sites for hydroxylation is 6. The molecule has 2 fully saturated rings. The Morgan fingerprint density at radius 1 is 0.643 bits per heavy atom. The van der Waals surface area contributed by atoms with Gasteiger partial charge in [-0.25, -0.2) is 0 Å². The lowest BCUT2D eigenvalue weighted by atomic mass is 9.80. The van der Waals surface area contributed by atoms with Gasteiger partial charge in [-0.1, -0.05) is 41.2 Å². The van der Waals surface area contributed by atoms with Gasteiger partial charge in [0.1, 0.15) is 0 Å². The minimum Gasteiger partial charge on any atom is -0.871 e. The first-order chi connectivity index (χ1) is 26.9. The summed E-state index contributed by atoms with van der Waals surface area (Å²) in [5, 5.41) is 33.2. The first kappa shape index (κ1) is 39.7. The van der Waals surface area contributed by atoms with Crippen LogP contribution < -0.4 is 10.0 Å². The molecule has 0 bridgehead atoms. The number of hydrogen-bond donors (Lipinski definition) is 2. The highest BCUT2D eigenvalue weighted by Gasteiger charge is 2.33. The molecule has 6 heteroatoms. The first-order valence-electron chi connectivity index (χ1n) is 20.9. The number of Topliss-reactive ketones (excluding diaryl/α,β-unsaturated/α-hetero) is 1. The number of aliphatic hydroxyl groups is 2. The van der Waals surface area contributed by atoms with Gasteiger partial charge in [0.15, 0.2) is 12.3 Å². The number of hydrogen-bond acceptors (Lipinski definition) is 5. The number of benzene rings is 3. The zero-order valence-electron chi connectivity index (χ0n) is 34.3. The van der Waals surface area contributed by atoms with Crippen molar-refractivity contribution in [3.05, 3.63) is 129 Å². The Morgan fingerprint density at radius 2 is 1.12 bits per heavy atom. The average Bonchev–Trinajstić information content (AvgIpc) is 3.17. The number of allylic oxidation sites excluding steroid dienone is 7. The van der Waals surface area contributed by atoms with Gasteiger partial charge in [0.05, 0.1) is 0 Å². The van der Waals surface area contributed by atoms with Gasteiger partial charge in [-0.3, -0.25) is 4.79 Å². The van der Waals surface area contributed by atoms with Crippen molar-refractivity contribution >= 4 is 34.1 Å². The zero-order chi connectivity index (χ0) is 39.7. The van der Waals surface area contributed by atoms with Crippen molar-refractivity contribution in [2.45, 2.75) is 92.9 Å². The molecule has 3 aromatic carbocycles. The summed E-state index contributed by atoms with van der Waals surface area (Å²) in [6, 6.07) is 17.0. The molecule has 0 amide bonds. The van der Waals surface area contributed by atoms with Crippen LogP contribution in [-0.4, -0.2) is 52.6 Å². The van der Waals surface area contributed by atoms with Crippen LogP contribution in [0.4, 0.5) is 17.1 Å². The molecule has 3 aromatic rings. The molecule has 0 aliphatic heterocycles. The van der Waals surface area contributed by atoms with Gasteiger partial charge < -0.3 is 20.2 Å². The predicted molar refractivity (Wildman–Crippen MR) is 227 cm³/mol. The summed E-state index contributed by atoms with van der Waals surface area (Å²) in [6.45, 7) is 15.3. The SMILES string of the molecule is Cc1cc(C)c(N(CC2CCC(CO)CC2)c2ccc(C3=C([O-])C(=C4C=CC(=[N+](CC5CCC(CO)CC5)c5c(C)cc(C)cc5C)C=C4)C3=O)cc2)c(C)c1. The van der Waals surface area contributed by atoms with Crippen LogP contribution in [0.1, 0.15) is 90.3 Å². The van der Waals surface area contributed by atoms with Gasteiger partial charge in [0, 0.05) is 71.5 Å². The molecule has 2 saturated carbocycles. The Kier molecular flexibility index (Phi) is 12.0. The standard InChI is InChI=1S/C50H60N2O4/c1-31-23-33(3)47(34(4)24-31)51(27-37-7-11-39(29-53)12-8-37)43-19-15-41(16-20-43)45-49(55)46(50(45)56)42-17-21-44(22-18-42)52(28-38-9-13-40(30-54)14-10-38)48-35(5)25-32(2)26-36(48)6/h15-26,37-40,53-54H,7-14,27-30H2,1-6H3. The molecule has 0 spiro atoms. The fraction of sp³-hybridized carbons (Fsp3) is 0.440. The zero-order valence-corrected chi connectivity index (χ0v) is 34.3. The Bertz CT molecular complexity index is 2070. The molecule has 0 radical (unpaired) electrons. The summed E-state index contributed by atoms with van der Waals surface area (Å²) >= 11 is 0. The molecule has 0 atom stereocenters. The smallest absolute Gasteiger partial charge is 0.211 e. The summed E-state index contributed by atoms with van der Waals surface area (Å²) < 4.78 is 2.43. The number of anilines is 2. The number of ketones is 1. The van der Waals surface area contributed by atoms with Gasteiger partial charge >= 0.3 is 0 Å². The maximum absolute atomic E-state index is 13.8. The van der Waals surface area contributed by atoms with Gasteiger partial charge in [-0.15, -0.1) is 0 Å². The summed E-state index contributed by atoms with van der Waals surface area (Å²) in [7, 11) is 0. The molecule has 0 heterocycles. The third kappa shape index (κ3) is 8.15. The van der Waals surface area contributed by atoms with Crippen molar-refractivity contribution in [3.8, 4) is 0 Å². The van der Waals surface area contributed by atoms with Crippen LogP contribution in [0.3, 0.4) is 0 Å². The van der Waals surface area contributed by atoms with Crippen LogP contribution in [0, 0.1) is 65.2 Å². The van der Waals surface area contributed by atoms with Crippen LogP contribution in [0.2, 0.25) is 0 Å². The van der Waals surface area contributed by atoms with E-state index in [-0.39, 0.29) is 35.9 Å². The van der Waals surface area contributed by atoms with Crippen molar-refractivity contribution in [1.82, 2.24) is 0 Å². The van der Waals surface area contributed by atoms with Crippen LogP contribution in [0.5, 0.6) is 0 Å². The lowest BCUT2D eigenvalue weighted by molar-refractivity contribution is -0.450. The molecule has 294 valence electrons. The Balaban J connectivity index is 1.16. The minimum atomic E-state index is -0.194. The van der Waals surface area contributed by atoms with Gasteiger partial charge in [-0.2, -0.15) is 4.58 Å². The Morgan fingerprint density at radius 3 is 1.62 bits per heavy atom. The van der Waals surface area contributed by atoms with E-state index in [1.54, 1.807) is 0 Å². The number of nitrogens with zero attached hydrogens (tertiary/aromatic N) is 2. The van der Waals surface area contributed by atoms with E-state index < -0.39 is 0 Å². The van der Waals surface area contributed by atoms with Crippen molar-refractivity contribution in [2.24, 2.45) is 23.7 Å². The van der Waals surface area contributed by atoms with E-state index in [2.05, 4.69) is 99.6 Å². The second-order valence-corrected chi connectivity index (χ2v) is 17.4. The van der Waals surface area contributed by atoms with Gasteiger partial charge in [-0.05, 0) is 169 Å². The maximum atomic E-state index is 13.8. The fourth-order valence-corrected chi connectivity index (χ4v) is 10.1. The largest absolute Gasteiger partial charge is 0.871 e. The maximum Gasteiger partial charge on any atom is 0.211 e. The molecule has 6 nitrogen and oxygen atoms in total. The highest BCUT2D eigenvalue weighted by Crippen LogP contribution is 2.41. The van der Waals surface area contributed by atoms with Crippen molar-refractivity contribution in [3.63, 3.8) is 0 Å². The number of aliphatic hydroxyl groups excluding tert-OH is 2. The van der Waals surface area contributed by atoms with E-state index in [4.69, 9.17) is 0 Å². The summed E-state index contributed by atoms with van der Waals surface area (Å²) in [4.78, 5) is 16.2. The summed E-state index contributed by atoms with van der Waals surface area (Å²) in [6.07, 6.45) is 16.6. The van der Waals surface area contributed by atoms with Crippen LogP contribution >= 0.6 is 0 Å². The first-order valence-corrected chi connectivity index (χ1v) is 20.9. The molecule has 4 aliphatic rings. The van der Waals surface area contributed by atoms with Crippen LogP contribution in [-0.2, 0) is 4.79 Å². The van der Waals surface area contributed by atoms with Crippen molar-refractivity contribution in [2.75, 3.05) is 31.2 Å². The third-order valence-electron chi connectivity index (χ3n) is 13.0. The molecular weight excluding hydrogens is 693 g/mol. The van der Waals surface area contributed by atoms with E-state index in [9.17, 15) is 20.1 Å². The Labute approximate surface area is 334 Å². The molecule has 2 N–H and O–H groups in total. The second-order valence-electron chi connectivity index (χ2n) is 17.4. The molecule has 4 aliphatic carbocycles. The second kappa shape index (κ2) is 16.9. The van der Waals surface area contributed by atoms with E-state index in [0.717, 1.165) is 75.9 Å². The van der Waals surface area contributed by atoms with E-state index in [1.807, 2.05) is 24.3 Å². The Hall–Kier alpha value is -4.52. The van der Waals surface area contributed by atoms with Crippen LogP contribution in [0.15, 0.2) is 89.7 Å². The molecule has 56 heavy (non-hydrogen) atoms. The van der Waals surface area contributed by atoms with Crippen molar-refractivity contribution in [1.29, 1.82) is 0 Å². The predicted octanol–water partition coefficient (Wildman–Crippen LogP) is 9.13. The highest BCUT2D eigenvalue weighted by molar-refractivity contribution is 6.39.